The van der Waals surface area contributed by atoms with Crippen LogP contribution < -0.4 is 15.2 Å². The Balaban J connectivity index is 1.99. The van der Waals surface area contributed by atoms with Crippen molar-refractivity contribution in [3.05, 3.63) is 68.7 Å². The lowest BCUT2D eigenvalue weighted by molar-refractivity contribution is -0.385. The molecule has 2 amide bonds. The van der Waals surface area contributed by atoms with Gasteiger partial charge in [-0.3, -0.25) is 25.1 Å². The molecule has 1 N–H and O–H groups in total. The van der Waals surface area contributed by atoms with Crippen molar-refractivity contribution in [2.24, 2.45) is 0 Å². The van der Waals surface area contributed by atoms with Crippen LogP contribution in [0, 0.1) is 22.5 Å². The summed E-state index contributed by atoms with van der Waals surface area (Å²) in [4.78, 5) is 35.5. The second-order valence-corrected chi connectivity index (χ2v) is 5.98. The maximum atomic E-state index is 12.6. The van der Waals surface area contributed by atoms with Gasteiger partial charge < -0.3 is 4.74 Å². The number of anilines is 1. The van der Waals surface area contributed by atoms with Crippen LogP contribution in [0.15, 0.2) is 48.0 Å². The summed E-state index contributed by atoms with van der Waals surface area (Å²) >= 11 is 6.07. The summed E-state index contributed by atoms with van der Waals surface area (Å²) in [5.74, 6) is 0.782. The second-order valence-electron chi connectivity index (χ2n) is 5.58. The maximum absolute atomic E-state index is 12.6. The van der Waals surface area contributed by atoms with Crippen LogP contribution in [0.4, 0.5) is 11.4 Å². The number of hydrazine groups is 1. The molecule has 0 aromatic heterocycles. The number of carbonyl (C=O) groups excluding carboxylic acids is 2. The quantitative estimate of drug-likeness (QED) is 0.275. The Morgan fingerprint density at radius 3 is 2.64 bits per heavy atom. The van der Waals surface area contributed by atoms with Crippen LogP contribution in [0.2, 0.25) is 5.02 Å². The fourth-order valence-electron chi connectivity index (χ4n) is 2.56. The van der Waals surface area contributed by atoms with Gasteiger partial charge in [-0.1, -0.05) is 35.7 Å². The molecule has 0 unspecified atom stereocenters. The summed E-state index contributed by atoms with van der Waals surface area (Å²) in [6.07, 6.45) is 6.33. The fraction of sp³-hybridized carbons (Fsp3) is 0.0526. The average Bonchev–Trinajstić information content (AvgIpc) is 2.95. The lowest BCUT2D eigenvalue weighted by Crippen LogP contribution is -2.35. The maximum Gasteiger partial charge on any atom is 0.313 e. The number of rotatable bonds is 5. The van der Waals surface area contributed by atoms with Gasteiger partial charge in [-0.2, -0.15) is 0 Å². The van der Waals surface area contributed by atoms with Gasteiger partial charge in [0.15, 0.2) is 0 Å². The number of hydrogen-bond donors (Lipinski definition) is 1. The Bertz CT molecular complexity index is 1040. The molecule has 1 aliphatic heterocycles. The molecule has 1 saturated heterocycles. The minimum atomic E-state index is -0.688. The Labute approximate surface area is 164 Å². The first-order valence-electron chi connectivity index (χ1n) is 7.88. The van der Waals surface area contributed by atoms with E-state index in [1.54, 1.807) is 30.3 Å². The summed E-state index contributed by atoms with van der Waals surface area (Å²) in [6, 6.07) is 11.0. The summed E-state index contributed by atoms with van der Waals surface area (Å²) in [6.45, 7) is -0.200. The first kappa shape index (κ1) is 18.9. The van der Waals surface area contributed by atoms with Gasteiger partial charge in [-0.25, -0.2) is 5.01 Å². The lowest BCUT2D eigenvalue weighted by Gasteiger charge is -2.13. The van der Waals surface area contributed by atoms with Crippen molar-refractivity contribution < 1.29 is 19.2 Å². The Morgan fingerprint density at radius 2 is 2.00 bits per heavy atom. The molecule has 0 spiro atoms. The van der Waals surface area contributed by atoms with Gasteiger partial charge in [-0.05, 0) is 29.8 Å². The minimum Gasteiger partial charge on any atom is -0.473 e. The number of ether oxygens (including phenoxy) is 1. The number of nitrogens with one attached hydrogen (secondary N) is 1. The van der Waals surface area contributed by atoms with E-state index in [-0.39, 0.29) is 28.5 Å². The number of amides is 2. The molecule has 1 aliphatic rings. The molecule has 0 aliphatic carbocycles. The molecule has 2 aromatic rings. The number of nitrogens with zero attached hydrogens (tertiary/aromatic N) is 2. The molecule has 28 heavy (non-hydrogen) atoms. The van der Waals surface area contributed by atoms with Crippen molar-refractivity contribution in [3.63, 3.8) is 0 Å². The number of terminal acetylenes is 1. The fourth-order valence-corrected chi connectivity index (χ4v) is 2.84. The highest BCUT2D eigenvalue weighted by molar-refractivity contribution is 6.33. The van der Waals surface area contributed by atoms with E-state index in [0.717, 1.165) is 11.1 Å². The molecule has 0 radical (unpaired) electrons. The number of carbonyl (C=O) groups is 2. The third-order valence-corrected chi connectivity index (χ3v) is 4.04. The van der Waals surface area contributed by atoms with E-state index in [0.29, 0.717) is 5.69 Å². The summed E-state index contributed by atoms with van der Waals surface area (Å²) in [5.41, 5.74) is 2.50. The van der Waals surface area contributed by atoms with Crippen LogP contribution >= 0.6 is 11.6 Å². The molecule has 1 heterocycles. The van der Waals surface area contributed by atoms with Crippen LogP contribution in [-0.2, 0) is 9.59 Å². The molecule has 2 aromatic carbocycles. The zero-order valence-corrected chi connectivity index (χ0v) is 15.0. The van der Waals surface area contributed by atoms with Crippen LogP contribution in [-0.4, -0.2) is 23.3 Å². The SMILES string of the molecule is C#CCOc1c(Cl)cc(C=C2C(=O)NN(c3ccccc3)C2=O)cc1[N+](=O)[O-]. The second kappa shape index (κ2) is 7.82. The van der Waals surface area contributed by atoms with Crippen LogP contribution in [0.1, 0.15) is 5.56 Å². The average molecular weight is 398 g/mol. The van der Waals surface area contributed by atoms with Crippen molar-refractivity contribution in [2.45, 2.75) is 0 Å². The number of para-hydroxylation sites is 1. The Kier molecular flexibility index (Phi) is 5.29. The van der Waals surface area contributed by atoms with E-state index in [4.69, 9.17) is 22.8 Å². The van der Waals surface area contributed by atoms with E-state index < -0.39 is 22.4 Å². The van der Waals surface area contributed by atoms with E-state index >= 15 is 0 Å². The lowest BCUT2D eigenvalue weighted by atomic mass is 10.1. The van der Waals surface area contributed by atoms with Gasteiger partial charge in [0, 0.05) is 6.07 Å². The molecule has 0 bridgehead atoms. The minimum absolute atomic E-state index is 0.0675. The van der Waals surface area contributed by atoms with Crippen LogP contribution in [0.25, 0.3) is 6.08 Å². The largest absolute Gasteiger partial charge is 0.473 e. The van der Waals surface area contributed by atoms with E-state index in [2.05, 4.69) is 11.3 Å². The molecular weight excluding hydrogens is 386 g/mol. The topological polar surface area (TPSA) is 102 Å². The van der Waals surface area contributed by atoms with Crippen LogP contribution in [0.5, 0.6) is 5.75 Å². The smallest absolute Gasteiger partial charge is 0.313 e. The number of hydrogen-bond acceptors (Lipinski definition) is 5. The third-order valence-electron chi connectivity index (χ3n) is 3.76. The molecule has 3 rings (SSSR count). The zero-order chi connectivity index (χ0) is 20.3. The van der Waals surface area contributed by atoms with E-state index in [1.807, 2.05) is 0 Å². The number of nitro benzene ring substituents is 1. The third kappa shape index (κ3) is 3.65. The molecule has 0 atom stereocenters. The standard InChI is InChI=1S/C19H12ClN3O5/c1-2-8-28-17-15(20)10-12(11-16(17)23(26)27)9-14-18(24)21-22(19(14)25)13-6-4-3-5-7-13/h1,3-7,9-11H,8H2,(H,21,24). The normalized spacial score (nSPS) is 14.7. The van der Waals surface area contributed by atoms with Gasteiger partial charge in [0.1, 0.15) is 12.2 Å². The Morgan fingerprint density at radius 1 is 1.29 bits per heavy atom. The number of halogens is 1. The molecular formula is C19H12ClN3O5. The zero-order valence-electron chi connectivity index (χ0n) is 14.2. The predicted molar refractivity (Wildman–Crippen MR) is 102 cm³/mol. The Hall–Kier alpha value is -3.83. The van der Waals surface area contributed by atoms with Crippen molar-refractivity contribution >= 4 is 40.9 Å². The molecule has 140 valence electrons. The van der Waals surface area contributed by atoms with Crippen molar-refractivity contribution in [2.75, 3.05) is 11.6 Å². The van der Waals surface area contributed by atoms with Crippen molar-refractivity contribution in [1.29, 1.82) is 0 Å². The van der Waals surface area contributed by atoms with Gasteiger partial charge >= 0.3 is 5.69 Å². The van der Waals surface area contributed by atoms with Crippen LogP contribution in [0.3, 0.4) is 0 Å². The first-order chi connectivity index (χ1) is 13.4. The highest BCUT2D eigenvalue weighted by Gasteiger charge is 2.34. The summed E-state index contributed by atoms with van der Waals surface area (Å²) < 4.78 is 5.14. The van der Waals surface area contributed by atoms with Gasteiger partial charge in [0.2, 0.25) is 5.75 Å². The van der Waals surface area contributed by atoms with Gasteiger partial charge in [-0.15, -0.1) is 6.42 Å². The number of benzene rings is 2. The van der Waals surface area contributed by atoms with E-state index in [9.17, 15) is 19.7 Å². The van der Waals surface area contributed by atoms with Gasteiger partial charge in [0.25, 0.3) is 11.8 Å². The molecule has 8 nitrogen and oxygen atoms in total. The first-order valence-corrected chi connectivity index (χ1v) is 8.26. The summed E-state index contributed by atoms with van der Waals surface area (Å²) in [7, 11) is 0. The predicted octanol–water partition coefficient (Wildman–Crippen LogP) is 2.72. The highest BCUT2D eigenvalue weighted by atomic mass is 35.5. The van der Waals surface area contributed by atoms with Crippen molar-refractivity contribution in [3.8, 4) is 18.1 Å². The molecule has 0 saturated carbocycles. The number of nitro groups is 1. The monoisotopic (exact) mass is 397 g/mol. The van der Waals surface area contributed by atoms with Crippen molar-refractivity contribution in [1.82, 2.24) is 5.43 Å². The van der Waals surface area contributed by atoms with Gasteiger partial charge in [0.05, 0.1) is 15.6 Å². The molecule has 9 heteroatoms. The summed E-state index contributed by atoms with van der Waals surface area (Å²) in [5, 5.41) is 12.4. The van der Waals surface area contributed by atoms with E-state index in [1.165, 1.54) is 12.1 Å². The molecule has 1 fully saturated rings. The highest BCUT2D eigenvalue weighted by Crippen LogP contribution is 2.37.